The van der Waals surface area contributed by atoms with Crippen molar-refractivity contribution in [2.75, 3.05) is 11.9 Å². The molecule has 0 aromatic carbocycles. The van der Waals surface area contributed by atoms with Gasteiger partial charge in [-0.15, -0.1) is 0 Å². The average molecular weight is 352 g/mol. The molecule has 0 saturated heterocycles. The van der Waals surface area contributed by atoms with Gasteiger partial charge in [0.25, 0.3) is 0 Å². The lowest BCUT2D eigenvalue weighted by Gasteiger charge is -2.30. The molecular weight excluding hydrogens is 336 g/mol. The number of anilines is 1. The molecule has 1 rings (SSSR count). The minimum Gasteiger partial charge on any atom is -0.396 e. The van der Waals surface area contributed by atoms with E-state index in [4.69, 9.17) is 5.11 Å². The zero-order chi connectivity index (χ0) is 12.2. The largest absolute Gasteiger partial charge is 0.396 e. The highest BCUT2D eigenvalue weighted by Gasteiger charge is 2.22. The summed E-state index contributed by atoms with van der Waals surface area (Å²) in [6.45, 7) is 4.35. The van der Waals surface area contributed by atoms with Gasteiger partial charge in [0, 0.05) is 22.8 Å². The van der Waals surface area contributed by atoms with Crippen LogP contribution in [-0.2, 0) is 0 Å². The van der Waals surface area contributed by atoms with Crippen molar-refractivity contribution in [1.82, 2.24) is 4.98 Å². The molecule has 0 spiro atoms. The van der Waals surface area contributed by atoms with Gasteiger partial charge in [0.15, 0.2) is 0 Å². The normalized spacial score (nSPS) is 14.6. The summed E-state index contributed by atoms with van der Waals surface area (Å²) in [4.78, 5) is 4.31. The van der Waals surface area contributed by atoms with E-state index in [-0.39, 0.29) is 12.1 Å². The molecule has 1 heterocycles. The first-order chi connectivity index (χ1) is 7.50. The molecule has 16 heavy (non-hydrogen) atoms. The van der Waals surface area contributed by atoms with E-state index < -0.39 is 0 Å². The zero-order valence-corrected chi connectivity index (χ0v) is 12.6. The number of hydrogen-bond acceptors (Lipinski definition) is 3. The first-order valence-electron chi connectivity index (χ1n) is 5.21. The summed E-state index contributed by atoms with van der Waals surface area (Å²) in [7, 11) is 0. The van der Waals surface area contributed by atoms with E-state index in [9.17, 15) is 0 Å². The lowest BCUT2D eigenvalue weighted by atomic mass is 9.95. The van der Waals surface area contributed by atoms with Gasteiger partial charge in [-0.3, -0.25) is 0 Å². The monoisotopic (exact) mass is 350 g/mol. The van der Waals surface area contributed by atoms with E-state index >= 15 is 0 Å². The van der Waals surface area contributed by atoms with Gasteiger partial charge in [-0.2, -0.15) is 0 Å². The number of aliphatic hydroxyl groups excluding tert-OH is 1. The Balaban J connectivity index is 2.85. The smallest absolute Gasteiger partial charge is 0.140 e. The number of nitrogens with one attached hydrogen (secondary N) is 1. The van der Waals surface area contributed by atoms with Crippen LogP contribution in [-0.4, -0.2) is 22.2 Å². The van der Waals surface area contributed by atoms with Crippen molar-refractivity contribution in [2.24, 2.45) is 0 Å². The fraction of sp³-hybridized carbons (Fsp3) is 0.545. The van der Waals surface area contributed by atoms with Crippen LogP contribution >= 0.6 is 31.9 Å². The molecule has 0 amide bonds. The Kier molecular flexibility index (Phi) is 5.21. The van der Waals surface area contributed by atoms with Crippen LogP contribution in [0.5, 0.6) is 0 Å². The Morgan fingerprint density at radius 2 is 2.19 bits per heavy atom. The quantitative estimate of drug-likeness (QED) is 0.852. The fourth-order valence-corrected chi connectivity index (χ4v) is 2.45. The number of aromatic nitrogens is 1. The van der Waals surface area contributed by atoms with Crippen LogP contribution in [0.3, 0.4) is 0 Å². The third kappa shape index (κ3) is 3.71. The van der Waals surface area contributed by atoms with E-state index in [1.54, 1.807) is 6.20 Å². The second-order valence-corrected chi connectivity index (χ2v) is 5.77. The van der Waals surface area contributed by atoms with Crippen molar-refractivity contribution in [3.05, 3.63) is 21.2 Å². The summed E-state index contributed by atoms with van der Waals surface area (Å²) in [5.74, 6) is 0.806. The maximum atomic E-state index is 9.04. The first-order valence-corrected chi connectivity index (χ1v) is 6.79. The van der Waals surface area contributed by atoms with E-state index in [1.165, 1.54) is 0 Å². The van der Waals surface area contributed by atoms with Crippen LogP contribution in [0.1, 0.15) is 26.7 Å². The van der Waals surface area contributed by atoms with Crippen molar-refractivity contribution in [3.63, 3.8) is 0 Å². The summed E-state index contributed by atoms with van der Waals surface area (Å²) in [6.07, 6.45) is 3.38. The number of pyridine rings is 1. The molecule has 1 aromatic heterocycles. The molecule has 2 N–H and O–H groups in total. The standard InChI is InChI=1S/C11H16Br2N2O/c1-3-11(2,4-5-16)15-10-9(13)6-8(12)7-14-10/h6-7,16H,3-5H2,1-2H3,(H,14,15). The number of halogens is 2. The zero-order valence-electron chi connectivity index (χ0n) is 9.43. The molecule has 0 saturated carbocycles. The molecule has 0 aliphatic heterocycles. The highest BCUT2D eigenvalue weighted by Crippen LogP contribution is 2.28. The van der Waals surface area contributed by atoms with E-state index in [1.807, 2.05) is 6.07 Å². The number of nitrogens with zero attached hydrogens (tertiary/aromatic N) is 1. The van der Waals surface area contributed by atoms with Gasteiger partial charge in [-0.05, 0) is 57.7 Å². The molecule has 0 bridgehead atoms. The third-order valence-electron chi connectivity index (χ3n) is 2.67. The van der Waals surface area contributed by atoms with Crippen LogP contribution in [0.4, 0.5) is 5.82 Å². The number of aliphatic hydroxyl groups is 1. The SMILES string of the molecule is CCC(C)(CCO)Nc1ncc(Br)cc1Br. The maximum absolute atomic E-state index is 9.04. The Morgan fingerprint density at radius 3 is 2.69 bits per heavy atom. The average Bonchev–Trinajstić information content (AvgIpc) is 2.23. The second-order valence-electron chi connectivity index (χ2n) is 4.00. The van der Waals surface area contributed by atoms with Crippen LogP contribution in [0, 0.1) is 0 Å². The molecule has 5 heteroatoms. The first kappa shape index (κ1) is 13.9. The number of rotatable bonds is 5. The van der Waals surface area contributed by atoms with Crippen molar-refractivity contribution >= 4 is 37.7 Å². The Morgan fingerprint density at radius 1 is 1.50 bits per heavy atom. The molecule has 0 aliphatic carbocycles. The van der Waals surface area contributed by atoms with Gasteiger partial charge in [0.05, 0.1) is 4.47 Å². The summed E-state index contributed by atoms with van der Waals surface area (Å²) >= 11 is 6.83. The maximum Gasteiger partial charge on any atom is 0.140 e. The topological polar surface area (TPSA) is 45.1 Å². The van der Waals surface area contributed by atoms with Crippen molar-refractivity contribution < 1.29 is 5.11 Å². The van der Waals surface area contributed by atoms with Crippen LogP contribution in [0.15, 0.2) is 21.2 Å². The Hall–Kier alpha value is -0.130. The molecule has 1 unspecified atom stereocenters. The Bertz CT molecular complexity index is 360. The van der Waals surface area contributed by atoms with Gasteiger partial charge in [0.1, 0.15) is 5.82 Å². The summed E-state index contributed by atoms with van der Waals surface area (Å²) in [6, 6.07) is 1.95. The highest BCUT2D eigenvalue weighted by molar-refractivity contribution is 9.11. The highest BCUT2D eigenvalue weighted by atomic mass is 79.9. The molecule has 90 valence electrons. The van der Waals surface area contributed by atoms with E-state index in [0.717, 1.165) is 21.2 Å². The van der Waals surface area contributed by atoms with Gasteiger partial charge in [-0.25, -0.2) is 4.98 Å². The van der Waals surface area contributed by atoms with Crippen molar-refractivity contribution in [3.8, 4) is 0 Å². The van der Waals surface area contributed by atoms with Crippen LogP contribution in [0.2, 0.25) is 0 Å². The van der Waals surface area contributed by atoms with E-state index in [2.05, 4.69) is 56.0 Å². The number of hydrogen-bond donors (Lipinski definition) is 2. The Labute approximate surface area is 113 Å². The van der Waals surface area contributed by atoms with Gasteiger partial charge in [-0.1, -0.05) is 6.92 Å². The lowest BCUT2D eigenvalue weighted by Crippen LogP contribution is -2.35. The van der Waals surface area contributed by atoms with Crippen molar-refractivity contribution in [2.45, 2.75) is 32.2 Å². The second kappa shape index (κ2) is 5.98. The third-order valence-corrected chi connectivity index (χ3v) is 3.71. The van der Waals surface area contributed by atoms with Crippen LogP contribution in [0.25, 0.3) is 0 Å². The minimum atomic E-state index is -0.127. The lowest BCUT2D eigenvalue weighted by molar-refractivity contribution is 0.251. The molecule has 0 aliphatic rings. The van der Waals surface area contributed by atoms with Crippen molar-refractivity contribution in [1.29, 1.82) is 0 Å². The molecular formula is C11H16Br2N2O. The van der Waals surface area contributed by atoms with Gasteiger partial charge >= 0.3 is 0 Å². The molecule has 3 nitrogen and oxygen atoms in total. The molecule has 0 fully saturated rings. The molecule has 1 aromatic rings. The van der Waals surface area contributed by atoms with Gasteiger partial charge in [0.2, 0.25) is 0 Å². The molecule has 0 radical (unpaired) electrons. The molecule has 1 atom stereocenters. The minimum absolute atomic E-state index is 0.127. The fourth-order valence-electron chi connectivity index (χ4n) is 1.37. The predicted molar refractivity (Wildman–Crippen MR) is 73.7 cm³/mol. The predicted octanol–water partition coefficient (Wildman–Crippen LogP) is 3.57. The van der Waals surface area contributed by atoms with Crippen LogP contribution < -0.4 is 5.32 Å². The summed E-state index contributed by atoms with van der Waals surface area (Å²) in [5.41, 5.74) is -0.127. The van der Waals surface area contributed by atoms with Gasteiger partial charge < -0.3 is 10.4 Å². The summed E-state index contributed by atoms with van der Waals surface area (Å²) in [5, 5.41) is 12.4. The summed E-state index contributed by atoms with van der Waals surface area (Å²) < 4.78 is 1.85. The van der Waals surface area contributed by atoms with E-state index in [0.29, 0.717) is 6.42 Å².